The van der Waals surface area contributed by atoms with E-state index in [0.717, 1.165) is 18.5 Å². The molecule has 0 radical (unpaired) electrons. The molecule has 2 aromatic rings. The second-order valence-electron chi connectivity index (χ2n) is 9.45. The summed E-state index contributed by atoms with van der Waals surface area (Å²) in [5, 5.41) is 18.1. The molecule has 3 N–H and O–H groups in total. The minimum absolute atomic E-state index is 0.0380. The molecule has 1 atom stereocenters. The van der Waals surface area contributed by atoms with E-state index in [4.69, 9.17) is 5.26 Å². The van der Waals surface area contributed by atoms with E-state index in [2.05, 4.69) is 43.8 Å². The second-order valence-corrected chi connectivity index (χ2v) is 9.45. The number of rotatable bonds is 9. The first-order valence-corrected chi connectivity index (χ1v) is 12.4. The van der Waals surface area contributed by atoms with Gasteiger partial charge in [-0.25, -0.2) is 4.98 Å². The average molecular weight is 515 g/mol. The number of amides is 2. The smallest absolute Gasteiger partial charge is 0.246 e. The number of anilines is 3. The summed E-state index contributed by atoms with van der Waals surface area (Å²) in [6.07, 6.45) is 6.44. The van der Waals surface area contributed by atoms with Gasteiger partial charge in [-0.05, 0) is 58.1 Å². The Morgan fingerprint density at radius 3 is 2.55 bits per heavy atom. The van der Waals surface area contributed by atoms with Crippen LogP contribution < -0.4 is 16.0 Å². The van der Waals surface area contributed by atoms with Crippen molar-refractivity contribution in [2.45, 2.75) is 31.8 Å². The molecule has 38 heavy (non-hydrogen) atoms. The summed E-state index contributed by atoms with van der Waals surface area (Å²) in [5.74, 6) is 7.21. The van der Waals surface area contributed by atoms with Crippen LogP contribution in [0.2, 0.25) is 0 Å². The van der Waals surface area contributed by atoms with E-state index in [9.17, 15) is 9.59 Å². The predicted octanol–water partition coefficient (Wildman–Crippen LogP) is 2.34. The number of nitrogens with one attached hydrogen (secondary N) is 3. The number of nitriles is 1. The molecular weight excluding hydrogens is 480 g/mol. The van der Waals surface area contributed by atoms with Gasteiger partial charge < -0.3 is 25.8 Å². The zero-order valence-corrected chi connectivity index (χ0v) is 22.4. The van der Waals surface area contributed by atoms with Crippen molar-refractivity contribution in [2.24, 2.45) is 5.92 Å². The maximum Gasteiger partial charge on any atom is 0.246 e. The first kappa shape index (κ1) is 28.2. The van der Waals surface area contributed by atoms with E-state index < -0.39 is 6.04 Å². The molecular formula is C28H34N8O2. The van der Waals surface area contributed by atoms with Crippen LogP contribution in [0.4, 0.5) is 17.5 Å². The van der Waals surface area contributed by atoms with Crippen LogP contribution in [0.1, 0.15) is 30.9 Å². The number of hydrogen-bond acceptors (Lipinski definition) is 8. The normalized spacial score (nSPS) is 17.0. The molecule has 1 heterocycles. The van der Waals surface area contributed by atoms with E-state index in [-0.39, 0.29) is 23.8 Å². The van der Waals surface area contributed by atoms with Crippen LogP contribution in [0.15, 0.2) is 42.6 Å². The summed E-state index contributed by atoms with van der Waals surface area (Å²) in [7, 11) is 7.25. The van der Waals surface area contributed by atoms with Gasteiger partial charge in [-0.2, -0.15) is 10.2 Å². The summed E-state index contributed by atoms with van der Waals surface area (Å²) in [6.45, 7) is 2.38. The third-order valence-corrected chi connectivity index (χ3v) is 6.23. The fourth-order valence-electron chi connectivity index (χ4n) is 3.69. The Morgan fingerprint density at radius 2 is 1.92 bits per heavy atom. The van der Waals surface area contributed by atoms with Gasteiger partial charge in [0.2, 0.25) is 17.8 Å². The third kappa shape index (κ3) is 7.79. The molecule has 3 rings (SSSR count). The monoisotopic (exact) mass is 514 g/mol. The lowest BCUT2D eigenvalue weighted by Gasteiger charge is -2.34. The zero-order chi connectivity index (χ0) is 27.7. The maximum absolute atomic E-state index is 12.6. The fourth-order valence-corrected chi connectivity index (χ4v) is 3.69. The van der Waals surface area contributed by atoms with Crippen LogP contribution in [0, 0.1) is 29.1 Å². The molecule has 0 aliphatic heterocycles. The summed E-state index contributed by atoms with van der Waals surface area (Å²) in [5.41, 5.74) is 2.04. The Kier molecular flexibility index (Phi) is 9.80. The zero-order valence-electron chi connectivity index (χ0n) is 22.4. The Labute approximate surface area is 224 Å². The predicted molar refractivity (Wildman–Crippen MR) is 147 cm³/mol. The number of likely N-dealkylation sites (N-methyl/N-ethyl adjacent to an activating group) is 2. The molecule has 198 valence electrons. The van der Waals surface area contributed by atoms with Crippen molar-refractivity contribution >= 4 is 29.3 Å². The molecule has 10 nitrogen and oxygen atoms in total. The van der Waals surface area contributed by atoms with Crippen molar-refractivity contribution in [2.75, 3.05) is 45.4 Å². The van der Waals surface area contributed by atoms with Crippen LogP contribution in [-0.2, 0) is 9.59 Å². The Hall–Kier alpha value is -4.41. The molecule has 2 amide bonds. The van der Waals surface area contributed by atoms with Crippen LogP contribution in [0.3, 0.4) is 0 Å². The molecule has 1 saturated carbocycles. The molecule has 0 unspecified atom stereocenters. The molecule has 1 aliphatic carbocycles. The number of benzene rings is 1. The first-order valence-electron chi connectivity index (χ1n) is 12.4. The highest BCUT2D eigenvalue weighted by Gasteiger charge is 2.31. The van der Waals surface area contributed by atoms with Crippen LogP contribution >= 0.6 is 0 Å². The van der Waals surface area contributed by atoms with E-state index >= 15 is 0 Å². The largest absolute Gasteiger partial charge is 0.372 e. The van der Waals surface area contributed by atoms with E-state index in [1.807, 2.05) is 19.0 Å². The van der Waals surface area contributed by atoms with Gasteiger partial charge in [-0.3, -0.25) is 9.59 Å². The summed E-state index contributed by atoms with van der Waals surface area (Å²) in [4.78, 5) is 37.1. The van der Waals surface area contributed by atoms with Crippen molar-refractivity contribution in [1.82, 2.24) is 25.1 Å². The Morgan fingerprint density at radius 1 is 1.21 bits per heavy atom. The molecule has 1 aromatic heterocycles. The van der Waals surface area contributed by atoms with Gasteiger partial charge in [0.15, 0.2) is 0 Å². The van der Waals surface area contributed by atoms with Crippen molar-refractivity contribution in [3.8, 4) is 17.9 Å². The van der Waals surface area contributed by atoms with Crippen LogP contribution in [0.25, 0.3) is 0 Å². The Balaban J connectivity index is 1.50. The lowest BCUT2D eigenvalue weighted by Crippen LogP contribution is -2.51. The third-order valence-electron chi connectivity index (χ3n) is 6.23. The van der Waals surface area contributed by atoms with Gasteiger partial charge in [0.25, 0.3) is 0 Å². The molecule has 0 bridgehead atoms. The highest BCUT2D eigenvalue weighted by Crippen LogP contribution is 2.27. The van der Waals surface area contributed by atoms with Gasteiger partial charge in [0.05, 0.1) is 23.4 Å². The van der Waals surface area contributed by atoms with Crippen molar-refractivity contribution in [3.05, 3.63) is 53.7 Å². The summed E-state index contributed by atoms with van der Waals surface area (Å²) in [6, 6.07) is 8.59. The molecule has 1 aliphatic rings. The average Bonchev–Trinajstić information content (AvgIpc) is 2.89. The quantitative estimate of drug-likeness (QED) is 0.344. The van der Waals surface area contributed by atoms with Crippen LogP contribution in [-0.4, -0.2) is 78.4 Å². The van der Waals surface area contributed by atoms with Gasteiger partial charge in [0.1, 0.15) is 11.9 Å². The van der Waals surface area contributed by atoms with Gasteiger partial charge in [0, 0.05) is 44.4 Å². The number of nitrogens with zero attached hydrogens (tertiary/aromatic N) is 5. The molecule has 1 fully saturated rings. The van der Waals surface area contributed by atoms with E-state index in [1.165, 1.54) is 11.0 Å². The number of aromatic nitrogens is 2. The minimum Gasteiger partial charge on any atom is -0.372 e. The van der Waals surface area contributed by atoms with Crippen LogP contribution in [0.5, 0.6) is 0 Å². The van der Waals surface area contributed by atoms with E-state index in [0.29, 0.717) is 29.4 Å². The fraction of sp³-hybridized carbons (Fsp3) is 0.393. The lowest BCUT2D eigenvalue weighted by atomic mass is 9.80. The maximum atomic E-state index is 12.6. The topological polar surface area (TPSA) is 126 Å². The Bertz CT molecular complexity index is 1260. The van der Waals surface area contributed by atoms with Gasteiger partial charge >= 0.3 is 0 Å². The standard InChI is InChI=1S/C28H34N8O2/c1-19(36(5)25(37)7-6-14-35(3)4)27(38)32-24-15-21(16-24)8-11-22-18-31-28(34-26(22)30-2)33-23-12-9-20(17-29)10-13-23/h6-7,9-10,12-13,18-19,21,24H,14-16H2,1-5H3,(H,32,38)(H2,30,31,33,34)/b7-6+/t19-,21-,24+/m0/s1. The van der Waals surface area contributed by atoms with Crippen molar-refractivity contribution in [1.29, 1.82) is 5.26 Å². The highest BCUT2D eigenvalue weighted by atomic mass is 16.2. The SMILES string of the molecule is CNc1nc(Nc2ccc(C#N)cc2)ncc1C#C[C@H]1C[C@@H](NC(=O)[C@H](C)N(C)C(=O)/C=C/CN(C)C)C1. The number of carbonyl (C=O) groups is 2. The minimum atomic E-state index is -0.566. The molecule has 1 aromatic carbocycles. The second kappa shape index (κ2) is 13.2. The molecule has 10 heteroatoms. The number of hydrogen-bond donors (Lipinski definition) is 3. The highest BCUT2D eigenvalue weighted by molar-refractivity contribution is 5.92. The summed E-state index contributed by atoms with van der Waals surface area (Å²) >= 11 is 0. The molecule has 0 spiro atoms. The van der Waals surface area contributed by atoms with E-state index in [1.54, 1.807) is 57.6 Å². The first-order chi connectivity index (χ1) is 18.2. The molecule has 0 saturated heterocycles. The summed E-state index contributed by atoms with van der Waals surface area (Å²) < 4.78 is 0. The lowest BCUT2D eigenvalue weighted by molar-refractivity contribution is -0.135. The number of carbonyl (C=O) groups excluding carboxylic acids is 2. The van der Waals surface area contributed by atoms with Gasteiger partial charge in [-0.15, -0.1) is 0 Å². The van der Waals surface area contributed by atoms with Crippen molar-refractivity contribution in [3.63, 3.8) is 0 Å². The van der Waals surface area contributed by atoms with Crippen molar-refractivity contribution < 1.29 is 9.59 Å². The van der Waals surface area contributed by atoms with Gasteiger partial charge in [-0.1, -0.05) is 17.9 Å².